The summed E-state index contributed by atoms with van der Waals surface area (Å²) in [5, 5.41) is 4.08. The minimum Gasteiger partial charge on any atom is -0.356 e. The number of carbonyl (C=O) groups excluding carboxylic acids is 1. The van der Waals surface area contributed by atoms with Crippen LogP contribution in [-0.2, 0) is 4.79 Å². The Balaban J connectivity index is 1.74. The molecule has 1 atom stereocenters. The smallest absolute Gasteiger partial charge is 0.224 e. The van der Waals surface area contributed by atoms with Crippen LogP contribution < -0.4 is 10.2 Å². The van der Waals surface area contributed by atoms with Crippen LogP contribution in [0.25, 0.3) is 10.2 Å². The van der Waals surface area contributed by atoms with Crippen molar-refractivity contribution in [2.45, 2.75) is 33.1 Å². The number of aryl methyl sites for hydroxylation is 1. The fraction of sp³-hybridized carbons (Fsp3) is 0.529. The Morgan fingerprint density at radius 2 is 2.36 bits per heavy atom. The van der Waals surface area contributed by atoms with Crippen molar-refractivity contribution in [1.82, 2.24) is 10.3 Å². The van der Waals surface area contributed by atoms with Gasteiger partial charge in [0.2, 0.25) is 5.91 Å². The summed E-state index contributed by atoms with van der Waals surface area (Å²) in [5.74, 6) is 0.289. The van der Waals surface area contributed by atoms with Crippen LogP contribution in [0.1, 0.15) is 31.7 Å². The van der Waals surface area contributed by atoms with Crippen molar-refractivity contribution in [3.8, 4) is 0 Å². The number of thiazole rings is 1. The largest absolute Gasteiger partial charge is 0.356 e. The van der Waals surface area contributed by atoms with Gasteiger partial charge in [0.25, 0.3) is 0 Å². The van der Waals surface area contributed by atoms with Gasteiger partial charge >= 0.3 is 0 Å². The average Bonchev–Trinajstić information content (AvgIpc) is 2.95. The highest BCUT2D eigenvalue weighted by Crippen LogP contribution is 2.32. The van der Waals surface area contributed by atoms with Gasteiger partial charge in [0.1, 0.15) is 0 Å². The second-order valence-electron chi connectivity index (χ2n) is 6.04. The van der Waals surface area contributed by atoms with E-state index >= 15 is 0 Å². The topological polar surface area (TPSA) is 45.2 Å². The van der Waals surface area contributed by atoms with E-state index < -0.39 is 0 Å². The normalized spacial score (nSPS) is 18.6. The molecule has 5 heteroatoms. The van der Waals surface area contributed by atoms with Crippen molar-refractivity contribution in [2.75, 3.05) is 24.5 Å². The van der Waals surface area contributed by atoms with Gasteiger partial charge < -0.3 is 10.2 Å². The van der Waals surface area contributed by atoms with Gasteiger partial charge in [-0.3, -0.25) is 4.79 Å². The number of piperidine rings is 1. The summed E-state index contributed by atoms with van der Waals surface area (Å²) >= 11 is 1.73. The molecule has 1 aromatic heterocycles. The van der Waals surface area contributed by atoms with Crippen LogP contribution in [0.2, 0.25) is 0 Å². The SMILES string of the molecule is CCCNC(=O)C1CCCN(c2nc3ccc(C)cc3s2)C1. The third-order valence-corrected chi connectivity index (χ3v) is 5.22. The quantitative estimate of drug-likeness (QED) is 0.940. The third-order valence-electron chi connectivity index (χ3n) is 4.14. The highest BCUT2D eigenvalue weighted by molar-refractivity contribution is 7.22. The molecule has 0 radical (unpaired) electrons. The summed E-state index contributed by atoms with van der Waals surface area (Å²) in [6.45, 7) is 6.74. The number of amides is 1. The first-order valence-electron chi connectivity index (χ1n) is 8.07. The molecular formula is C17H23N3OS. The van der Waals surface area contributed by atoms with Crippen LogP contribution in [0.15, 0.2) is 18.2 Å². The molecule has 118 valence electrons. The summed E-state index contributed by atoms with van der Waals surface area (Å²) in [5.41, 5.74) is 2.32. The minimum atomic E-state index is 0.0917. The van der Waals surface area contributed by atoms with Crippen LogP contribution in [0, 0.1) is 12.8 Å². The molecule has 4 nitrogen and oxygen atoms in total. The predicted molar refractivity (Wildman–Crippen MR) is 92.6 cm³/mol. The van der Waals surface area contributed by atoms with Gasteiger partial charge in [-0.2, -0.15) is 0 Å². The second kappa shape index (κ2) is 6.65. The van der Waals surface area contributed by atoms with Crippen molar-refractivity contribution < 1.29 is 4.79 Å². The molecule has 1 aromatic carbocycles. The average molecular weight is 317 g/mol. The van der Waals surface area contributed by atoms with Crippen LogP contribution in [-0.4, -0.2) is 30.5 Å². The Hall–Kier alpha value is -1.62. The number of carbonyl (C=O) groups is 1. The fourth-order valence-corrected chi connectivity index (χ4v) is 4.01. The van der Waals surface area contributed by atoms with Crippen molar-refractivity contribution in [1.29, 1.82) is 0 Å². The van der Waals surface area contributed by atoms with Gasteiger partial charge in [-0.1, -0.05) is 24.3 Å². The van der Waals surface area contributed by atoms with Gasteiger partial charge in [0.05, 0.1) is 16.1 Å². The maximum absolute atomic E-state index is 12.2. The Morgan fingerprint density at radius 1 is 1.50 bits per heavy atom. The molecular weight excluding hydrogens is 294 g/mol. The van der Waals surface area contributed by atoms with Gasteiger partial charge in [-0.15, -0.1) is 0 Å². The van der Waals surface area contributed by atoms with Crippen LogP contribution in [0.3, 0.4) is 0 Å². The highest BCUT2D eigenvalue weighted by atomic mass is 32.1. The minimum absolute atomic E-state index is 0.0917. The maximum Gasteiger partial charge on any atom is 0.224 e. The number of hydrogen-bond acceptors (Lipinski definition) is 4. The summed E-state index contributed by atoms with van der Waals surface area (Å²) < 4.78 is 1.23. The molecule has 0 saturated carbocycles. The Labute approximate surface area is 135 Å². The van der Waals surface area contributed by atoms with Crippen molar-refractivity contribution in [3.05, 3.63) is 23.8 Å². The third kappa shape index (κ3) is 3.24. The van der Waals surface area contributed by atoms with E-state index in [1.165, 1.54) is 10.3 Å². The summed E-state index contributed by atoms with van der Waals surface area (Å²) in [6.07, 6.45) is 3.02. The molecule has 1 fully saturated rings. The summed E-state index contributed by atoms with van der Waals surface area (Å²) in [7, 11) is 0. The lowest BCUT2D eigenvalue weighted by Gasteiger charge is -2.31. The Kier molecular flexibility index (Phi) is 4.62. The monoisotopic (exact) mass is 317 g/mol. The molecule has 1 amide bonds. The standard InChI is InChI=1S/C17H23N3OS/c1-3-8-18-16(21)13-5-4-9-20(11-13)17-19-14-7-6-12(2)10-15(14)22-17/h6-7,10,13H,3-5,8-9,11H2,1-2H3,(H,18,21). The van der Waals surface area contributed by atoms with E-state index in [0.717, 1.165) is 49.5 Å². The first-order chi connectivity index (χ1) is 10.7. The van der Waals surface area contributed by atoms with Crippen molar-refractivity contribution in [3.63, 3.8) is 0 Å². The van der Waals surface area contributed by atoms with Gasteiger partial charge in [-0.05, 0) is 43.9 Å². The van der Waals surface area contributed by atoms with Gasteiger partial charge in [0.15, 0.2) is 5.13 Å². The van der Waals surface area contributed by atoms with Gasteiger partial charge in [0, 0.05) is 19.6 Å². The van der Waals surface area contributed by atoms with Crippen molar-refractivity contribution >= 4 is 32.6 Å². The second-order valence-corrected chi connectivity index (χ2v) is 7.05. The lowest BCUT2D eigenvalue weighted by Crippen LogP contribution is -2.43. The molecule has 0 spiro atoms. The zero-order valence-electron chi connectivity index (χ0n) is 13.3. The first kappa shape index (κ1) is 15.3. The van der Waals surface area contributed by atoms with E-state index in [1.807, 2.05) is 0 Å². The molecule has 1 N–H and O–H groups in total. The molecule has 2 heterocycles. The zero-order chi connectivity index (χ0) is 15.5. The van der Waals surface area contributed by atoms with Crippen LogP contribution in [0.5, 0.6) is 0 Å². The van der Waals surface area contributed by atoms with E-state index in [0.29, 0.717) is 0 Å². The molecule has 0 aliphatic carbocycles. The molecule has 22 heavy (non-hydrogen) atoms. The molecule has 3 rings (SSSR count). The molecule has 1 unspecified atom stereocenters. The molecule has 0 bridgehead atoms. The summed E-state index contributed by atoms with van der Waals surface area (Å²) in [4.78, 5) is 19.2. The highest BCUT2D eigenvalue weighted by Gasteiger charge is 2.27. The maximum atomic E-state index is 12.2. The molecule has 1 aliphatic rings. The van der Waals surface area contributed by atoms with E-state index in [2.05, 4.69) is 42.3 Å². The fourth-order valence-electron chi connectivity index (χ4n) is 2.91. The zero-order valence-corrected chi connectivity index (χ0v) is 14.1. The Morgan fingerprint density at radius 3 is 3.18 bits per heavy atom. The van der Waals surface area contributed by atoms with Crippen LogP contribution in [0.4, 0.5) is 5.13 Å². The molecule has 2 aromatic rings. The van der Waals surface area contributed by atoms with E-state index in [9.17, 15) is 4.79 Å². The predicted octanol–water partition coefficient (Wildman–Crippen LogP) is 3.35. The van der Waals surface area contributed by atoms with Crippen LogP contribution >= 0.6 is 11.3 Å². The lowest BCUT2D eigenvalue weighted by atomic mass is 9.97. The van der Waals surface area contributed by atoms with E-state index in [1.54, 1.807) is 11.3 Å². The Bertz CT molecular complexity index is 667. The number of aromatic nitrogens is 1. The van der Waals surface area contributed by atoms with E-state index in [4.69, 9.17) is 4.98 Å². The number of nitrogens with one attached hydrogen (secondary N) is 1. The molecule has 1 saturated heterocycles. The lowest BCUT2D eigenvalue weighted by molar-refractivity contribution is -0.125. The van der Waals surface area contributed by atoms with E-state index in [-0.39, 0.29) is 11.8 Å². The first-order valence-corrected chi connectivity index (χ1v) is 8.89. The number of anilines is 1. The number of hydrogen-bond donors (Lipinski definition) is 1. The van der Waals surface area contributed by atoms with Gasteiger partial charge in [-0.25, -0.2) is 4.98 Å². The number of benzene rings is 1. The number of rotatable bonds is 4. The summed E-state index contributed by atoms with van der Waals surface area (Å²) in [6, 6.07) is 6.37. The number of nitrogens with zero attached hydrogens (tertiary/aromatic N) is 2. The number of fused-ring (bicyclic) bond motifs is 1. The van der Waals surface area contributed by atoms with Crippen molar-refractivity contribution in [2.24, 2.45) is 5.92 Å². The molecule has 1 aliphatic heterocycles.